The molecule has 0 bridgehead atoms. The minimum absolute atomic E-state index is 0.385. The van der Waals surface area contributed by atoms with Crippen LogP contribution in [0.3, 0.4) is 0 Å². The van der Waals surface area contributed by atoms with Crippen molar-refractivity contribution >= 4 is 11.4 Å². The van der Waals surface area contributed by atoms with Crippen molar-refractivity contribution in [3.05, 3.63) is 0 Å². The third-order valence-corrected chi connectivity index (χ3v) is 1.61. The largest absolute Gasteiger partial charge is 0.316 e. The average molecular weight is 151 g/mol. The first kappa shape index (κ1) is 7.14. The van der Waals surface area contributed by atoms with Crippen LogP contribution in [0.2, 0.25) is 0 Å². The lowest BCUT2D eigenvalue weighted by molar-refractivity contribution is 0.200. The Morgan fingerprint density at radius 1 is 1.78 bits per heavy atom. The van der Waals surface area contributed by atoms with E-state index in [0.29, 0.717) is 12.5 Å². The Kier molecular flexibility index (Phi) is 2.59. The molecule has 0 aromatic heterocycles. The third kappa shape index (κ3) is 2.40. The van der Waals surface area contributed by atoms with Crippen LogP contribution in [-0.2, 0) is 15.5 Å². The molecule has 1 aliphatic rings. The standard InChI is InChI=1S/C4H9NO3S/c6-9(7)8-3-4-1-5-2-4/h4-5H,1-3H2,(H,6,7). The van der Waals surface area contributed by atoms with Gasteiger partial charge >= 0.3 is 11.4 Å². The summed E-state index contributed by atoms with van der Waals surface area (Å²) in [5.41, 5.74) is 0. The van der Waals surface area contributed by atoms with E-state index < -0.39 is 11.4 Å². The van der Waals surface area contributed by atoms with E-state index in [1.54, 1.807) is 0 Å². The summed E-state index contributed by atoms with van der Waals surface area (Å²) in [4.78, 5) is 0. The van der Waals surface area contributed by atoms with Gasteiger partial charge in [0.25, 0.3) is 0 Å². The molecule has 0 aromatic rings. The zero-order valence-corrected chi connectivity index (χ0v) is 5.69. The van der Waals surface area contributed by atoms with Crippen LogP contribution in [0, 0.1) is 5.92 Å². The van der Waals surface area contributed by atoms with Crippen molar-refractivity contribution < 1.29 is 12.9 Å². The van der Waals surface area contributed by atoms with Crippen LogP contribution in [0.4, 0.5) is 0 Å². The monoisotopic (exact) mass is 151 g/mol. The van der Waals surface area contributed by atoms with Crippen LogP contribution >= 0.6 is 0 Å². The van der Waals surface area contributed by atoms with Gasteiger partial charge in [-0.2, -0.15) is 4.21 Å². The fraction of sp³-hybridized carbons (Fsp3) is 1.00. The molecule has 1 rings (SSSR count). The molecule has 1 fully saturated rings. The summed E-state index contributed by atoms with van der Waals surface area (Å²) in [5.74, 6) is 0.432. The van der Waals surface area contributed by atoms with Crippen LogP contribution in [-0.4, -0.2) is 28.5 Å². The van der Waals surface area contributed by atoms with Crippen molar-refractivity contribution in [1.29, 1.82) is 0 Å². The summed E-state index contributed by atoms with van der Waals surface area (Å²) in [6, 6.07) is 0. The van der Waals surface area contributed by atoms with Crippen LogP contribution in [0.25, 0.3) is 0 Å². The summed E-state index contributed by atoms with van der Waals surface area (Å²) < 4.78 is 22.5. The van der Waals surface area contributed by atoms with Crippen molar-refractivity contribution in [2.75, 3.05) is 19.7 Å². The highest BCUT2D eigenvalue weighted by Crippen LogP contribution is 2.02. The Hall–Kier alpha value is 0.0300. The van der Waals surface area contributed by atoms with Gasteiger partial charge in [-0.25, -0.2) is 0 Å². The number of rotatable bonds is 3. The zero-order chi connectivity index (χ0) is 6.69. The molecule has 1 aliphatic heterocycles. The first-order chi connectivity index (χ1) is 4.29. The van der Waals surface area contributed by atoms with Crippen LogP contribution in [0.1, 0.15) is 0 Å². The van der Waals surface area contributed by atoms with E-state index in [1.165, 1.54) is 0 Å². The molecule has 5 heteroatoms. The first-order valence-electron chi connectivity index (χ1n) is 2.74. The summed E-state index contributed by atoms with van der Waals surface area (Å²) in [6.07, 6.45) is 0. The Bertz CT molecular complexity index is 114. The maximum atomic E-state index is 9.91. The summed E-state index contributed by atoms with van der Waals surface area (Å²) in [6.45, 7) is 2.19. The van der Waals surface area contributed by atoms with Crippen molar-refractivity contribution in [3.63, 3.8) is 0 Å². The smallest absolute Gasteiger partial charge is 0.301 e. The second-order valence-electron chi connectivity index (χ2n) is 2.03. The van der Waals surface area contributed by atoms with E-state index in [-0.39, 0.29) is 0 Å². The topological polar surface area (TPSA) is 58.6 Å². The quantitative estimate of drug-likeness (QED) is 0.527. The molecular weight excluding hydrogens is 142 g/mol. The highest BCUT2D eigenvalue weighted by atomic mass is 32.2. The van der Waals surface area contributed by atoms with E-state index in [4.69, 9.17) is 4.55 Å². The Balaban J connectivity index is 1.97. The first-order valence-corrected chi connectivity index (χ1v) is 3.77. The van der Waals surface area contributed by atoms with E-state index in [0.717, 1.165) is 13.1 Å². The molecule has 1 unspecified atom stereocenters. The molecule has 0 aliphatic carbocycles. The van der Waals surface area contributed by atoms with Gasteiger partial charge < -0.3 is 5.32 Å². The van der Waals surface area contributed by atoms with Crippen molar-refractivity contribution in [2.24, 2.45) is 5.92 Å². The van der Waals surface area contributed by atoms with Gasteiger partial charge in [-0.05, 0) is 0 Å². The van der Waals surface area contributed by atoms with Crippen LogP contribution in [0.5, 0.6) is 0 Å². The zero-order valence-electron chi connectivity index (χ0n) is 4.87. The SMILES string of the molecule is O=S(O)OCC1CNC1. The molecule has 9 heavy (non-hydrogen) atoms. The van der Waals surface area contributed by atoms with Crippen molar-refractivity contribution in [3.8, 4) is 0 Å². The normalized spacial score (nSPS) is 23.2. The molecule has 0 aromatic carbocycles. The minimum Gasteiger partial charge on any atom is -0.316 e. The fourth-order valence-corrected chi connectivity index (χ4v) is 0.930. The number of nitrogens with one attached hydrogen (secondary N) is 1. The molecule has 0 saturated carbocycles. The van der Waals surface area contributed by atoms with Gasteiger partial charge in [0.1, 0.15) is 0 Å². The van der Waals surface area contributed by atoms with Crippen molar-refractivity contribution in [1.82, 2.24) is 5.32 Å². The minimum atomic E-state index is -2.08. The Morgan fingerprint density at radius 3 is 2.78 bits per heavy atom. The highest BCUT2D eigenvalue weighted by molar-refractivity contribution is 7.74. The second-order valence-corrected chi connectivity index (χ2v) is 2.70. The average Bonchev–Trinajstić information content (AvgIpc) is 1.60. The molecule has 4 nitrogen and oxygen atoms in total. The van der Waals surface area contributed by atoms with E-state index in [2.05, 4.69) is 9.50 Å². The Labute approximate surface area is 56.1 Å². The maximum absolute atomic E-state index is 9.91. The van der Waals surface area contributed by atoms with Gasteiger partial charge in [-0.3, -0.25) is 8.74 Å². The van der Waals surface area contributed by atoms with Crippen LogP contribution in [0.15, 0.2) is 0 Å². The molecule has 54 valence electrons. The van der Waals surface area contributed by atoms with E-state index >= 15 is 0 Å². The molecule has 0 radical (unpaired) electrons. The summed E-state index contributed by atoms with van der Waals surface area (Å²) >= 11 is -2.08. The molecule has 1 heterocycles. The highest BCUT2D eigenvalue weighted by Gasteiger charge is 2.17. The molecule has 2 N–H and O–H groups in total. The van der Waals surface area contributed by atoms with Crippen molar-refractivity contribution in [2.45, 2.75) is 0 Å². The van der Waals surface area contributed by atoms with Gasteiger partial charge in [-0.1, -0.05) is 0 Å². The lowest BCUT2D eigenvalue weighted by Gasteiger charge is -2.25. The fourth-order valence-electron chi connectivity index (χ4n) is 0.621. The molecule has 1 atom stereocenters. The van der Waals surface area contributed by atoms with Gasteiger partial charge in [0, 0.05) is 19.0 Å². The number of hydrogen-bond donors (Lipinski definition) is 2. The lowest BCUT2D eigenvalue weighted by atomic mass is 10.1. The lowest BCUT2D eigenvalue weighted by Crippen LogP contribution is -2.44. The van der Waals surface area contributed by atoms with E-state index in [9.17, 15) is 4.21 Å². The molecule has 1 saturated heterocycles. The number of hydrogen-bond acceptors (Lipinski definition) is 3. The summed E-state index contributed by atoms with van der Waals surface area (Å²) in [7, 11) is 0. The van der Waals surface area contributed by atoms with Gasteiger partial charge in [0.05, 0.1) is 6.61 Å². The predicted molar refractivity (Wildman–Crippen MR) is 33.1 cm³/mol. The predicted octanol–water partition coefficient (Wildman–Crippen LogP) is -0.641. The summed E-state index contributed by atoms with van der Waals surface area (Å²) in [5, 5.41) is 3.02. The molecular formula is C4H9NO3S. The van der Waals surface area contributed by atoms with Gasteiger partial charge in [0.15, 0.2) is 0 Å². The molecule has 0 spiro atoms. The maximum Gasteiger partial charge on any atom is 0.301 e. The van der Waals surface area contributed by atoms with Gasteiger partial charge in [-0.15, -0.1) is 0 Å². The Morgan fingerprint density at radius 2 is 2.44 bits per heavy atom. The second kappa shape index (κ2) is 3.26. The third-order valence-electron chi connectivity index (χ3n) is 1.27. The van der Waals surface area contributed by atoms with E-state index in [1.807, 2.05) is 0 Å². The van der Waals surface area contributed by atoms with Crippen LogP contribution < -0.4 is 5.32 Å². The van der Waals surface area contributed by atoms with Gasteiger partial charge in [0.2, 0.25) is 0 Å². The molecule has 0 amide bonds.